The lowest BCUT2D eigenvalue weighted by atomic mass is 9.93. The monoisotopic (exact) mass is 203 g/mol. The smallest absolute Gasteiger partial charge is 0.405 e. The van der Waals surface area contributed by atoms with Crippen LogP contribution in [0.5, 0.6) is 0 Å². The van der Waals surface area contributed by atoms with Gasteiger partial charge >= 0.3 is 6.09 Å². The van der Waals surface area contributed by atoms with Crippen molar-refractivity contribution in [2.75, 3.05) is 13.2 Å². The zero-order valence-electron chi connectivity index (χ0n) is 7.60. The molecule has 0 atom stereocenters. The first-order chi connectivity index (χ1) is 6.60. The summed E-state index contributed by atoms with van der Waals surface area (Å²) in [6, 6.07) is 0. The van der Waals surface area contributed by atoms with Crippen LogP contribution in [0.15, 0.2) is 5.16 Å². The lowest BCUT2D eigenvalue weighted by Crippen LogP contribution is -2.52. The van der Waals surface area contributed by atoms with Crippen molar-refractivity contribution in [1.82, 2.24) is 0 Å². The quantitative estimate of drug-likeness (QED) is 0.239. The van der Waals surface area contributed by atoms with Gasteiger partial charge in [0.1, 0.15) is 0 Å². The van der Waals surface area contributed by atoms with Gasteiger partial charge in [0.25, 0.3) is 0 Å². The molecule has 14 heavy (non-hydrogen) atoms. The molecule has 1 aliphatic rings. The van der Waals surface area contributed by atoms with Gasteiger partial charge in [0.2, 0.25) is 0 Å². The summed E-state index contributed by atoms with van der Waals surface area (Å²) in [5.74, 6) is -0.153. The molecule has 1 fully saturated rings. The maximum Gasteiger partial charge on any atom is 0.405 e. The van der Waals surface area contributed by atoms with Gasteiger partial charge in [-0.25, -0.2) is 4.79 Å². The molecule has 1 rings (SSSR count). The van der Waals surface area contributed by atoms with Crippen LogP contribution in [-0.4, -0.2) is 36.0 Å². The summed E-state index contributed by atoms with van der Waals surface area (Å²) in [5.41, 5.74) is 9.24. The second kappa shape index (κ2) is 4.14. The third-order valence-corrected chi connectivity index (χ3v) is 2.17. The highest BCUT2D eigenvalue weighted by molar-refractivity contribution is 5.90. The minimum atomic E-state index is -1.11. The fourth-order valence-corrected chi connectivity index (χ4v) is 1.40. The van der Waals surface area contributed by atoms with Crippen molar-refractivity contribution in [1.29, 1.82) is 0 Å². The fourth-order valence-electron chi connectivity index (χ4n) is 1.40. The average Bonchev–Trinajstić information content (AvgIpc) is 2.17. The van der Waals surface area contributed by atoms with E-state index >= 15 is 0 Å². The Labute approximate surface area is 80.6 Å². The van der Waals surface area contributed by atoms with Gasteiger partial charge in [0.05, 0.1) is 13.2 Å². The van der Waals surface area contributed by atoms with Crippen molar-refractivity contribution in [3.8, 4) is 0 Å². The molecule has 1 aliphatic heterocycles. The van der Waals surface area contributed by atoms with E-state index < -0.39 is 11.7 Å². The lowest BCUT2D eigenvalue weighted by Gasteiger charge is -2.34. The van der Waals surface area contributed by atoms with Crippen molar-refractivity contribution in [2.24, 2.45) is 16.6 Å². The molecule has 7 nitrogen and oxygen atoms in total. The SMILES string of the molecule is NC(=O)OC1(/C(N)=N\O)CCOCC1. The molecular formula is C7H13N3O4. The zero-order chi connectivity index (χ0) is 10.6. The molecule has 0 aromatic carbocycles. The second-order valence-corrected chi connectivity index (χ2v) is 3.01. The fraction of sp³-hybridized carbons (Fsp3) is 0.714. The van der Waals surface area contributed by atoms with Crippen molar-refractivity contribution in [3.63, 3.8) is 0 Å². The summed E-state index contributed by atoms with van der Waals surface area (Å²) in [7, 11) is 0. The van der Waals surface area contributed by atoms with E-state index in [0.29, 0.717) is 26.1 Å². The number of amidine groups is 1. The van der Waals surface area contributed by atoms with Crippen molar-refractivity contribution in [2.45, 2.75) is 18.4 Å². The number of ether oxygens (including phenoxy) is 2. The molecule has 1 heterocycles. The summed E-state index contributed by atoms with van der Waals surface area (Å²) in [5, 5.41) is 11.4. The van der Waals surface area contributed by atoms with Gasteiger partial charge in [0, 0.05) is 12.8 Å². The van der Waals surface area contributed by atoms with E-state index in [1.54, 1.807) is 0 Å². The van der Waals surface area contributed by atoms with Gasteiger partial charge in [-0.3, -0.25) is 0 Å². The molecule has 80 valence electrons. The molecule has 1 amide bonds. The summed E-state index contributed by atoms with van der Waals surface area (Å²) >= 11 is 0. The molecular weight excluding hydrogens is 190 g/mol. The number of rotatable bonds is 2. The highest BCUT2D eigenvalue weighted by Crippen LogP contribution is 2.25. The third-order valence-electron chi connectivity index (χ3n) is 2.17. The molecule has 1 saturated heterocycles. The highest BCUT2D eigenvalue weighted by Gasteiger charge is 2.40. The minimum absolute atomic E-state index is 0.153. The van der Waals surface area contributed by atoms with Gasteiger partial charge in [-0.1, -0.05) is 5.16 Å². The van der Waals surface area contributed by atoms with Crippen LogP contribution >= 0.6 is 0 Å². The van der Waals surface area contributed by atoms with Crippen molar-refractivity contribution in [3.05, 3.63) is 0 Å². The maximum atomic E-state index is 10.7. The predicted octanol–water partition coefficient (Wildman–Crippen LogP) is -0.623. The number of nitrogens with two attached hydrogens (primary N) is 2. The largest absolute Gasteiger partial charge is 0.435 e. The Hall–Kier alpha value is -1.50. The van der Waals surface area contributed by atoms with E-state index in [4.69, 9.17) is 26.1 Å². The first-order valence-electron chi connectivity index (χ1n) is 4.15. The van der Waals surface area contributed by atoms with E-state index in [1.165, 1.54) is 0 Å². The Morgan fingerprint density at radius 1 is 1.43 bits per heavy atom. The second-order valence-electron chi connectivity index (χ2n) is 3.01. The Morgan fingerprint density at radius 3 is 2.43 bits per heavy atom. The highest BCUT2D eigenvalue weighted by atomic mass is 16.6. The topological polar surface area (TPSA) is 120 Å². The van der Waals surface area contributed by atoms with E-state index in [0.717, 1.165) is 0 Å². The number of oxime groups is 1. The summed E-state index contributed by atoms with van der Waals surface area (Å²) < 4.78 is 9.95. The molecule has 0 aromatic rings. The Bertz CT molecular complexity index is 247. The van der Waals surface area contributed by atoms with E-state index in [2.05, 4.69) is 5.16 Å². The molecule has 5 N–H and O–H groups in total. The summed E-state index contributed by atoms with van der Waals surface area (Å²) in [4.78, 5) is 10.7. The predicted molar refractivity (Wildman–Crippen MR) is 46.9 cm³/mol. The van der Waals surface area contributed by atoms with Crippen LogP contribution in [0.3, 0.4) is 0 Å². The molecule has 0 aromatic heterocycles. The summed E-state index contributed by atoms with van der Waals surface area (Å²) in [6.45, 7) is 0.757. The maximum absolute atomic E-state index is 10.7. The van der Waals surface area contributed by atoms with Crippen LogP contribution in [-0.2, 0) is 9.47 Å². The molecule has 7 heteroatoms. The van der Waals surface area contributed by atoms with Crippen LogP contribution in [0.2, 0.25) is 0 Å². The molecule has 0 radical (unpaired) electrons. The molecule has 0 aliphatic carbocycles. The van der Waals surface area contributed by atoms with E-state index in [-0.39, 0.29) is 5.84 Å². The molecule has 0 unspecified atom stereocenters. The average molecular weight is 203 g/mol. The van der Waals surface area contributed by atoms with Crippen LogP contribution in [0.25, 0.3) is 0 Å². The number of primary amides is 1. The Kier molecular flexibility index (Phi) is 3.13. The van der Waals surface area contributed by atoms with Crippen LogP contribution in [0.4, 0.5) is 4.79 Å². The number of nitrogens with zero attached hydrogens (tertiary/aromatic N) is 1. The standard InChI is InChI=1S/C7H13N3O4/c8-5(10-12)7(14-6(9)11)1-3-13-4-2-7/h12H,1-4H2,(H2,8,10)(H2,9,11). The van der Waals surface area contributed by atoms with Gasteiger partial charge in [-0.15, -0.1) is 0 Å². The van der Waals surface area contributed by atoms with Gasteiger partial charge in [-0.2, -0.15) is 0 Å². The first-order valence-corrected chi connectivity index (χ1v) is 4.15. The number of carbonyl (C=O) groups is 1. The number of amides is 1. The zero-order valence-corrected chi connectivity index (χ0v) is 7.60. The number of carbonyl (C=O) groups excluding carboxylic acids is 1. The van der Waals surface area contributed by atoms with Crippen molar-refractivity contribution >= 4 is 11.9 Å². The van der Waals surface area contributed by atoms with Crippen LogP contribution < -0.4 is 11.5 Å². The third kappa shape index (κ3) is 2.05. The normalized spacial score (nSPS) is 21.6. The van der Waals surface area contributed by atoms with Crippen LogP contribution in [0, 0.1) is 0 Å². The first kappa shape index (κ1) is 10.6. The Morgan fingerprint density at radius 2 is 2.00 bits per heavy atom. The molecule has 0 saturated carbocycles. The number of hydrogen-bond donors (Lipinski definition) is 3. The van der Waals surface area contributed by atoms with E-state index in [1.807, 2.05) is 0 Å². The molecule has 0 spiro atoms. The van der Waals surface area contributed by atoms with Crippen molar-refractivity contribution < 1.29 is 19.5 Å². The Balaban J connectivity index is 2.82. The summed E-state index contributed by atoms with van der Waals surface area (Å²) in [6.07, 6.45) is -0.268. The van der Waals surface area contributed by atoms with Gasteiger partial charge in [0.15, 0.2) is 11.4 Å². The number of hydrogen-bond acceptors (Lipinski definition) is 5. The van der Waals surface area contributed by atoms with Crippen LogP contribution in [0.1, 0.15) is 12.8 Å². The molecule has 0 bridgehead atoms. The van der Waals surface area contributed by atoms with Gasteiger partial charge < -0.3 is 26.1 Å². The lowest BCUT2D eigenvalue weighted by molar-refractivity contribution is -0.0297. The minimum Gasteiger partial charge on any atom is -0.435 e. The van der Waals surface area contributed by atoms with E-state index in [9.17, 15) is 4.79 Å². The van der Waals surface area contributed by atoms with Gasteiger partial charge in [-0.05, 0) is 0 Å².